The molecule has 13 heavy (non-hydrogen) atoms. The van der Waals surface area contributed by atoms with Gasteiger partial charge in [-0.15, -0.1) is 6.58 Å². The van der Waals surface area contributed by atoms with Crippen LogP contribution < -0.4 is 0 Å². The number of hydrogen-bond donors (Lipinski definition) is 1. The molecule has 1 atom stereocenters. The summed E-state index contributed by atoms with van der Waals surface area (Å²) in [5.74, 6) is -1.00. The number of aliphatic carboxylic acids is 1. The number of hydrogen-bond acceptors (Lipinski definition) is 1. The maximum absolute atomic E-state index is 10.5. The quantitative estimate of drug-likeness (QED) is 0.506. The molecule has 0 bridgehead atoms. The van der Waals surface area contributed by atoms with Crippen molar-refractivity contribution in [1.82, 2.24) is 0 Å². The van der Waals surface area contributed by atoms with Crippen LogP contribution in [0.5, 0.6) is 0 Å². The molecule has 0 spiro atoms. The van der Waals surface area contributed by atoms with Gasteiger partial charge in [0.25, 0.3) is 0 Å². The standard InChI is InChI=1S/C11H18O2/c1-4-5-6-7-9(2)8-10(3)11(12)13/h4,7,10H,1,5-6,8H2,2-3H3,(H,12,13)/b9-7+. The van der Waals surface area contributed by atoms with Gasteiger partial charge in [0.2, 0.25) is 0 Å². The summed E-state index contributed by atoms with van der Waals surface area (Å²) in [4.78, 5) is 10.5. The van der Waals surface area contributed by atoms with Crippen LogP contribution in [0.1, 0.15) is 33.1 Å². The molecule has 0 rings (SSSR count). The highest BCUT2D eigenvalue weighted by Gasteiger charge is 2.10. The highest BCUT2D eigenvalue weighted by atomic mass is 16.4. The van der Waals surface area contributed by atoms with Crippen molar-refractivity contribution in [3.05, 3.63) is 24.3 Å². The maximum atomic E-state index is 10.5. The van der Waals surface area contributed by atoms with E-state index in [0.717, 1.165) is 18.4 Å². The molecule has 0 saturated heterocycles. The van der Waals surface area contributed by atoms with Crippen molar-refractivity contribution in [1.29, 1.82) is 0 Å². The molecule has 0 saturated carbocycles. The Bertz CT molecular complexity index is 204. The average Bonchev–Trinajstić information content (AvgIpc) is 2.04. The molecule has 0 radical (unpaired) electrons. The van der Waals surface area contributed by atoms with Crippen molar-refractivity contribution in [3.63, 3.8) is 0 Å². The third-order valence-corrected chi connectivity index (χ3v) is 1.91. The first-order valence-corrected chi connectivity index (χ1v) is 4.57. The van der Waals surface area contributed by atoms with Crippen LogP contribution in [0.4, 0.5) is 0 Å². The van der Waals surface area contributed by atoms with E-state index in [1.54, 1.807) is 6.92 Å². The van der Waals surface area contributed by atoms with Crippen LogP contribution in [0.3, 0.4) is 0 Å². The van der Waals surface area contributed by atoms with E-state index in [2.05, 4.69) is 12.7 Å². The van der Waals surface area contributed by atoms with Gasteiger partial charge in [-0.1, -0.05) is 24.6 Å². The van der Waals surface area contributed by atoms with Gasteiger partial charge in [-0.3, -0.25) is 4.79 Å². The molecule has 0 fully saturated rings. The van der Waals surface area contributed by atoms with Gasteiger partial charge in [0, 0.05) is 0 Å². The summed E-state index contributed by atoms with van der Waals surface area (Å²) in [7, 11) is 0. The van der Waals surface area contributed by atoms with Crippen LogP contribution >= 0.6 is 0 Å². The highest BCUT2D eigenvalue weighted by Crippen LogP contribution is 2.12. The minimum atomic E-state index is -0.725. The van der Waals surface area contributed by atoms with Crippen molar-refractivity contribution in [2.45, 2.75) is 33.1 Å². The number of rotatable bonds is 6. The van der Waals surface area contributed by atoms with Gasteiger partial charge < -0.3 is 5.11 Å². The molecule has 74 valence electrons. The summed E-state index contributed by atoms with van der Waals surface area (Å²) in [6, 6.07) is 0. The molecule has 0 heterocycles. The van der Waals surface area contributed by atoms with Gasteiger partial charge in [0.05, 0.1) is 5.92 Å². The van der Waals surface area contributed by atoms with Crippen LogP contribution in [0.15, 0.2) is 24.3 Å². The Morgan fingerprint density at radius 2 is 2.15 bits per heavy atom. The molecule has 2 heteroatoms. The predicted octanol–water partition coefficient (Wildman–Crippen LogP) is 3.01. The summed E-state index contributed by atoms with van der Waals surface area (Å²) in [5.41, 5.74) is 1.15. The lowest BCUT2D eigenvalue weighted by atomic mass is 10.0. The lowest BCUT2D eigenvalue weighted by molar-refractivity contribution is -0.141. The number of carbonyl (C=O) groups is 1. The molecule has 0 aromatic heterocycles. The van der Waals surface area contributed by atoms with Gasteiger partial charge in [-0.25, -0.2) is 0 Å². The molecule has 0 aromatic rings. The van der Waals surface area contributed by atoms with Crippen molar-refractivity contribution in [2.24, 2.45) is 5.92 Å². The largest absolute Gasteiger partial charge is 0.481 e. The van der Waals surface area contributed by atoms with Crippen LogP contribution in [0.2, 0.25) is 0 Å². The molecular weight excluding hydrogens is 164 g/mol. The van der Waals surface area contributed by atoms with Crippen molar-refractivity contribution in [3.8, 4) is 0 Å². The van der Waals surface area contributed by atoms with E-state index in [9.17, 15) is 4.79 Å². The Morgan fingerprint density at radius 3 is 2.62 bits per heavy atom. The van der Waals surface area contributed by atoms with E-state index in [0.29, 0.717) is 6.42 Å². The van der Waals surface area contributed by atoms with Crippen LogP contribution in [-0.4, -0.2) is 11.1 Å². The minimum Gasteiger partial charge on any atom is -0.481 e. The number of unbranched alkanes of at least 4 members (excludes halogenated alkanes) is 1. The molecule has 1 N–H and O–H groups in total. The molecular formula is C11H18O2. The normalized spacial score (nSPS) is 13.8. The first-order chi connectivity index (χ1) is 6.07. The fraction of sp³-hybridized carbons (Fsp3) is 0.545. The summed E-state index contributed by atoms with van der Waals surface area (Å²) in [5, 5.41) is 8.66. The third-order valence-electron chi connectivity index (χ3n) is 1.91. The van der Waals surface area contributed by atoms with Crippen LogP contribution in [0.25, 0.3) is 0 Å². The van der Waals surface area contributed by atoms with Gasteiger partial charge in [0.15, 0.2) is 0 Å². The molecule has 0 amide bonds. The summed E-state index contributed by atoms with van der Waals surface area (Å²) in [6.07, 6.45) is 6.51. The summed E-state index contributed by atoms with van der Waals surface area (Å²) in [6.45, 7) is 7.33. The van der Waals surface area contributed by atoms with E-state index < -0.39 is 5.97 Å². The fourth-order valence-corrected chi connectivity index (χ4v) is 1.10. The third kappa shape index (κ3) is 6.14. The van der Waals surface area contributed by atoms with Gasteiger partial charge in [-0.2, -0.15) is 0 Å². The van der Waals surface area contributed by atoms with Crippen LogP contribution in [-0.2, 0) is 4.79 Å². The smallest absolute Gasteiger partial charge is 0.306 e. The van der Waals surface area contributed by atoms with E-state index in [4.69, 9.17) is 5.11 Å². The van der Waals surface area contributed by atoms with E-state index in [1.165, 1.54) is 0 Å². The van der Waals surface area contributed by atoms with Gasteiger partial charge in [-0.05, 0) is 26.2 Å². The average molecular weight is 182 g/mol. The SMILES string of the molecule is C=CCC/C=C(\C)CC(C)C(=O)O. The Morgan fingerprint density at radius 1 is 1.54 bits per heavy atom. The van der Waals surface area contributed by atoms with E-state index in [-0.39, 0.29) is 5.92 Å². The predicted molar refractivity (Wildman–Crippen MR) is 54.6 cm³/mol. The Hall–Kier alpha value is -1.05. The van der Waals surface area contributed by atoms with Gasteiger partial charge in [0.1, 0.15) is 0 Å². The first-order valence-electron chi connectivity index (χ1n) is 4.57. The Kier molecular flexibility index (Phi) is 5.94. The zero-order valence-corrected chi connectivity index (χ0v) is 8.42. The minimum absolute atomic E-state index is 0.278. The van der Waals surface area contributed by atoms with Crippen molar-refractivity contribution < 1.29 is 9.90 Å². The monoisotopic (exact) mass is 182 g/mol. The number of carboxylic acids is 1. The summed E-state index contributed by atoms with van der Waals surface area (Å²) >= 11 is 0. The molecule has 1 unspecified atom stereocenters. The molecule has 0 aromatic carbocycles. The van der Waals surface area contributed by atoms with Crippen molar-refractivity contribution >= 4 is 5.97 Å². The molecule has 0 aliphatic carbocycles. The zero-order chi connectivity index (χ0) is 10.3. The maximum Gasteiger partial charge on any atom is 0.306 e. The highest BCUT2D eigenvalue weighted by molar-refractivity contribution is 5.69. The lowest BCUT2D eigenvalue weighted by Gasteiger charge is -2.05. The van der Waals surface area contributed by atoms with E-state index >= 15 is 0 Å². The van der Waals surface area contributed by atoms with Crippen LogP contribution in [0, 0.1) is 5.92 Å². The van der Waals surface area contributed by atoms with E-state index in [1.807, 2.05) is 13.0 Å². The second kappa shape index (κ2) is 6.46. The Labute approximate surface area is 80.0 Å². The van der Waals surface area contributed by atoms with Gasteiger partial charge >= 0.3 is 5.97 Å². The Balaban J connectivity index is 3.83. The zero-order valence-electron chi connectivity index (χ0n) is 8.42. The van der Waals surface area contributed by atoms with Crippen molar-refractivity contribution in [2.75, 3.05) is 0 Å². The summed E-state index contributed by atoms with van der Waals surface area (Å²) < 4.78 is 0. The number of allylic oxidation sites excluding steroid dienone is 3. The molecule has 2 nitrogen and oxygen atoms in total. The second-order valence-electron chi connectivity index (χ2n) is 3.36. The molecule has 0 aliphatic heterocycles. The topological polar surface area (TPSA) is 37.3 Å². The number of carboxylic acid groups (broad SMARTS) is 1. The first kappa shape index (κ1) is 11.9. The molecule has 0 aliphatic rings. The fourth-order valence-electron chi connectivity index (χ4n) is 1.10. The lowest BCUT2D eigenvalue weighted by Crippen LogP contribution is -2.09. The second-order valence-corrected chi connectivity index (χ2v) is 3.36.